The van der Waals surface area contributed by atoms with E-state index in [2.05, 4.69) is 5.32 Å². The van der Waals surface area contributed by atoms with Gasteiger partial charge in [-0.2, -0.15) is 0 Å². The summed E-state index contributed by atoms with van der Waals surface area (Å²) >= 11 is 0. The van der Waals surface area contributed by atoms with Crippen LogP contribution in [0.25, 0.3) is 21.5 Å². The number of fused-ring (bicyclic) bond motifs is 2. The summed E-state index contributed by atoms with van der Waals surface area (Å²) in [5.41, 5.74) is 1.19. The van der Waals surface area contributed by atoms with Crippen molar-refractivity contribution in [2.75, 3.05) is 10.2 Å². The van der Waals surface area contributed by atoms with Gasteiger partial charge < -0.3 is 5.32 Å². The van der Waals surface area contributed by atoms with Crippen molar-refractivity contribution in [1.29, 1.82) is 0 Å². The second-order valence-corrected chi connectivity index (χ2v) is 5.97. The van der Waals surface area contributed by atoms with Gasteiger partial charge in [-0.15, -0.1) is 0 Å². The Morgan fingerprint density at radius 2 is 1.46 bits per heavy atom. The Balaban J connectivity index is 1.67. The average Bonchev–Trinajstić information content (AvgIpc) is 2.68. The van der Waals surface area contributed by atoms with Crippen molar-refractivity contribution < 1.29 is 9.59 Å². The number of imide groups is 1. The van der Waals surface area contributed by atoms with Gasteiger partial charge in [0.15, 0.2) is 0 Å². The smallest absolute Gasteiger partial charge is 0.307 e. The third-order valence-electron chi connectivity index (χ3n) is 4.35. The Morgan fingerprint density at radius 3 is 2.27 bits per heavy atom. The molecule has 0 saturated carbocycles. The van der Waals surface area contributed by atoms with Crippen LogP contribution in [-0.4, -0.2) is 12.4 Å². The molecular weight excluding hydrogens is 324 g/mol. The van der Waals surface area contributed by atoms with Gasteiger partial charge in [0, 0.05) is 11.1 Å². The van der Waals surface area contributed by atoms with E-state index in [4.69, 9.17) is 0 Å². The molecule has 0 aliphatic carbocycles. The molecule has 4 aromatic rings. The molecule has 4 nitrogen and oxygen atoms in total. The SMILES string of the molecule is O=CN(C(=O)Nc1ccc2ccccc2c1)c1cccc2ccccc12. The zero-order valence-electron chi connectivity index (χ0n) is 13.9. The molecule has 0 aliphatic rings. The topological polar surface area (TPSA) is 49.4 Å². The number of nitrogens with one attached hydrogen (secondary N) is 1. The summed E-state index contributed by atoms with van der Waals surface area (Å²) in [5.74, 6) is 0. The zero-order chi connectivity index (χ0) is 17.9. The molecule has 3 amide bonds. The van der Waals surface area contributed by atoms with Gasteiger partial charge in [0.2, 0.25) is 6.41 Å². The average molecular weight is 340 g/mol. The number of benzene rings is 4. The van der Waals surface area contributed by atoms with Crippen LogP contribution in [0.1, 0.15) is 0 Å². The minimum Gasteiger partial charge on any atom is -0.307 e. The molecule has 0 radical (unpaired) electrons. The first-order chi connectivity index (χ1) is 12.8. The normalized spacial score (nSPS) is 10.6. The Bertz CT molecular complexity index is 1120. The van der Waals surface area contributed by atoms with Crippen LogP contribution in [0.2, 0.25) is 0 Å². The highest BCUT2D eigenvalue weighted by atomic mass is 16.2. The second-order valence-electron chi connectivity index (χ2n) is 5.97. The number of nitrogens with zero attached hydrogens (tertiary/aromatic N) is 1. The molecule has 0 aromatic heterocycles. The minimum atomic E-state index is -0.494. The fourth-order valence-corrected chi connectivity index (χ4v) is 3.08. The van der Waals surface area contributed by atoms with E-state index in [1.54, 1.807) is 6.07 Å². The van der Waals surface area contributed by atoms with Crippen LogP contribution in [0.3, 0.4) is 0 Å². The van der Waals surface area contributed by atoms with Crippen LogP contribution in [0, 0.1) is 0 Å². The van der Waals surface area contributed by atoms with E-state index in [0.717, 1.165) is 26.4 Å². The van der Waals surface area contributed by atoms with Crippen molar-refractivity contribution in [3.8, 4) is 0 Å². The maximum atomic E-state index is 12.7. The highest BCUT2D eigenvalue weighted by molar-refractivity contribution is 6.16. The lowest BCUT2D eigenvalue weighted by atomic mass is 10.1. The minimum absolute atomic E-state index is 0.494. The third kappa shape index (κ3) is 2.89. The summed E-state index contributed by atoms with van der Waals surface area (Å²) < 4.78 is 0. The van der Waals surface area contributed by atoms with Crippen LogP contribution in [0.4, 0.5) is 16.2 Å². The van der Waals surface area contributed by atoms with E-state index in [-0.39, 0.29) is 0 Å². The summed E-state index contributed by atoms with van der Waals surface area (Å²) in [6.07, 6.45) is 0.540. The molecule has 0 unspecified atom stereocenters. The Morgan fingerprint density at radius 1 is 0.769 bits per heavy atom. The molecule has 4 aromatic carbocycles. The first-order valence-electron chi connectivity index (χ1n) is 8.28. The summed E-state index contributed by atoms with van der Waals surface area (Å²) in [6, 6.07) is 26.2. The lowest BCUT2D eigenvalue weighted by Crippen LogP contribution is -2.33. The van der Waals surface area contributed by atoms with E-state index >= 15 is 0 Å². The molecule has 0 saturated heterocycles. The predicted molar refractivity (Wildman–Crippen MR) is 105 cm³/mol. The van der Waals surface area contributed by atoms with Gasteiger partial charge in [0.05, 0.1) is 5.69 Å². The lowest BCUT2D eigenvalue weighted by molar-refractivity contribution is -0.106. The van der Waals surface area contributed by atoms with Crippen molar-refractivity contribution in [1.82, 2.24) is 0 Å². The van der Waals surface area contributed by atoms with Gasteiger partial charge >= 0.3 is 6.03 Å². The third-order valence-corrected chi connectivity index (χ3v) is 4.35. The maximum Gasteiger partial charge on any atom is 0.332 e. The molecule has 126 valence electrons. The van der Waals surface area contributed by atoms with E-state index in [0.29, 0.717) is 17.8 Å². The fraction of sp³-hybridized carbons (Fsp3) is 0. The first-order valence-corrected chi connectivity index (χ1v) is 8.28. The van der Waals surface area contributed by atoms with Gasteiger partial charge in [0.25, 0.3) is 0 Å². The van der Waals surface area contributed by atoms with Gasteiger partial charge in [-0.25, -0.2) is 9.69 Å². The molecule has 26 heavy (non-hydrogen) atoms. The van der Waals surface area contributed by atoms with Crippen LogP contribution < -0.4 is 10.2 Å². The van der Waals surface area contributed by atoms with Gasteiger partial charge in [-0.1, -0.05) is 66.7 Å². The number of rotatable bonds is 3. The standard InChI is InChI=1S/C22H16N2O2/c25-15-24(21-11-5-9-17-7-3-4-10-20(17)21)22(26)23-19-13-12-16-6-1-2-8-18(16)14-19/h1-15H,(H,23,26). The predicted octanol–water partition coefficient (Wildman–Crippen LogP) is 5.19. The Hall–Kier alpha value is -3.66. The van der Waals surface area contributed by atoms with Crippen LogP contribution in [0.15, 0.2) is 84.9 Å². The highest BCUT2D eigenvalue weighted by Crippen LogP contribution is 2.27. The maximum absolute atomic E-state index is 12.7. The van der Waals surface area contributed by atoms with Crippen molar-refractivity contribution in [2.45, 2.75) is 0 Å². The van der Waals surface area contributed by atoms with Crippen LogP contribution >= 0.6 is 0 Å². The van der Waals surface area contributed by atoms with E-state index in [1.807, 2.05) is 78.9 Å². The molecule has 0 atom stereocenters. The van der Waals surface area contributed by atoms with Gasteiger partial charge in [-0.3, -0.25) is 4.79 Å². The number of hydrogen-bond acceptors (Lipinski definition) is 2. The molecule has 0 fully saturated rings. The highest BCUT2D eigenvalue weighted by Gasteiger charge is 2.17. The number of amides is 3. The van der Waals surface area contributed by atoms with Crippen molar-refractivity contribution in [3.05, 3.63) is 84.9 Å². The molecule has 1 N–H and O–H groups in total. The summed E-state index contributed by atoms with van der Waals surface area (Å²) in [6.45, 7) is 0. The largest absolute Gasteiger partial charge is 0.332 e. The molecule has 0 heterocycles. The Labute approximate surface area is 150 Å². The van der Waals surface area contributed by atoms with Crippen LogP contribution in [-0.2, 0) is 4.79 Å². The quantitative estimate of drug-likeness (QED) is 0.522. The summed E-state index contributed by atoms with van der Waals surface area (Å²) in [4.78, 5) is 25.5. The summed E-state index contributed by atoms with van der Waals surface area (Å²) in [5, 5.41) is 6.73. The molecule has 4 rings (SSSR count). The number of urea groups is 1. The van der Waals surface area contributed by atoms with Gasteiger partial charge in [0.1, 0.15) is 0 Å². The lowest BCUT2D eigenvalue weighted by Gasteiger charge is -2.18. The number of carbonyl (C=O) groups excluding carboxylic acids is 2. The van der Waals surface area contributed by atoms with E-state index < -0.39 is 6.03 Å². The first kappa shape index (κ1) is 15.8. The van der Waals surface area contributed by atoms with Crippen LogP contribution in [0.5, 0.6) is 0 Å². The number of carbonyl (C=O) groups is 2. The molecule has 4 heteroatoms. The van der Waals surface area contributed by atoms with E-state index in [1.165, 1.54) is 0 Å². The van der Waals surface area contributed by atoms with Gasteiger partial charge in [-0.05, 0) is 34.4 Å². The number of anilines is 2. The summed E-state index contributed by atoms with van der Waals surface area (Å²) in [7, 11) is 0. The molecular formula is C22H16N2O2. The molecule has 0 aliphatic heterocycles. The Kier molecular flexibility index (Phi) is 4.07. The fourth-order valence-electron chi connectivity index (χ4n) is 3.08. The monoisotopic (exact) mass is 340 g/mol. The second kappa shape index (κ2) is 6.69. The molecule has 0 spiro atoms. The zero-order valence-corrected chi connectivity index (χ0v) is 13.9. The number of hydrogen-bond donors (Lipinski definition) is 1. The van der Waals surface area contributed by atoms with Crippen molar-refractivity contribution in [3.63, 3.8) is 0 Å². The van der Waals surface area contributed by atoms with Crippen molar-refractivity contribution in [2.24, 2.45) is 0 Å². The molecule has 0 bridgehead atoms. The van der Waals surface area contributed by atoms with E-state index in [9.17, 15) is 9.59 Å². The van der Waals surface area contributed by atoms with Crippen molar-refractivity contribution >= 4 is 45.4 Å².